The number of hydrogen-bond donors (Lipinski definition) is 2. The highest BCUT2D eigenvalue weighted by Crippen LogP contribution is 2.20. The summed E-state index contributed by atoms with van der Waals surface area (Å²) in [5.74, 6) is -0.836. The van der Waals surface area contributed by atoms with E-state index in [4.69, 9.17) is 11.6 Å². The molecule has 0 aliphatic carbocycles. The smallest absolute Gasteiger partial charge is 0.253 e. The van der Waals surface area contributed by atoms with Crippen LogP contribution in [0, 0.1) is 12.8 Å². The highest BCUT2D eigenvalue weighted by Gasteiger charge is 2.25. The van der Waals surface area contributed by atoms with Crippen LogP contribution in [0.5, 0.6) is 0 Å². The van der Waals surface area contributed by atoms with Crippen molar-refractivity contribution in [3.63, 3.8) is 0 Å². The predicted octanol–water partition coefficient (Wildman–Crippen LogP) is 3.32. The van der Waals surface area contributed by atoms with Gasteiger partial charge in [-0.15, -0.1) is 0 Å². The number of halogens is 1. The standard InChI is InChI=1S/C20H22ClN5O2/c1-11(2)17(24-19(27)14-7-5-6-8-16(14)21)20(28)23-13-9-15-12(3)25-26(4)18(15)22-10-13/h5-11,17H,1-4H3,(H,23,28)(H,24,27). The van der Waals surface area contributed by atoms with Crippen LogP contribution in [0.2, 0.25) is 5.02 Å². The number of nitrogens with zero attached hydrogens (tertiary/aromatic N) is 3. The predicted molar refractivity (Wildman–Crippen MR) is 109 cm³/mol. The van der Waals surface area contributed by atoms with E-state index in [9.17, 15) is 9.59 Å². The number of anilines is 1. The summed E-state index contributed by atoms with van der Waals surface area (Å²) in [6.07, 6.45) is 1.58. The molecule has 2 aromatic heterocycles. The van der Waals surface area contributed by atoms with Gasteiger partial charge in [0.2, 0.25) is 5.91 Å². The van der Waals surface area contributed by atoms with Crippen LogP contribution < -0.4 is 10.6 Å². The first-order valence-electron chi connectivity index (χ1n) is 8.93. The zero-order chi connectivity index (χ0) is 20.4. The molecule has 7 nitrogen and oxygen atoms in total. The average molecular weight is 400 g/mol. The van der Waals surface area contributed by atoms with E-state index in [1.165, 1.54) is 0 Å². The van der Waals surface area contributed by atoms with E-state index >= 15 is 0 Å². The fraction of sp³-hybridized carbons (Fsp3) is 0.300. The first kappa shape index (κ1) is 19.8. The van der Waals surface area contributed by atoms with Crippen LogP contribution in [0.4, 0.5) is 5.69 Å². The van der Waals surface area contributed by atoms with E-state index in [0.29, 0.717) is 16.3 Å². The van der Waals surface area contributed by atoms with Crippen LogP contribution in [0.3, 0.4) is 0 Å². The lowest BCUT2D eigenvalue weighted by molar-refractivity contribution is -0.118. The van der Waals surface area contributed by atoms with Gasteiger partial charge in [-0.2, -0.15) is 5.10 Å². The van der Waals surface area contributed by atoms with E-state index < -0.39 is 11.9 Å². The lowest BCUT2D eigenvalue weighted by Gasteiger charge is -2.22. The molecule has 0 bridgehead atoms. The van der Waals surface area contributed by atoms with E-state index in [0.717, 1.165) is 16.7 Å². The van der Waals surface area contributed by atoms with Crippen LogP contribution in [0.15, 0.2) is 36.5 Å². The Kier molecular flexibility index (Phi) is 5.65. The van der Waals surface area contributed by atoms with Crippen molar-refractivity contribution in [2.24, 2.45) is 13.0 Å². The second-order valence-corrected chi connectivity index (χ2v) is 7.38. The maximum atomic E-state index is 12.8. The molecule has 0 saturated carbocycles. The van der Waals surface area contributed by atoms with Gasteiger partial charge in [0.15, 0.2) is 5.65 Å². The van der Waals surface area contributed by atoms with Gasteiger partial charge in [-0.25, -0.2) is 4.98 Å². The molecule has 2 N–H and O–H groups in total. The number of amides is 2. The molecule has 0 fully saturated rings. The maximum Gasteiger partial charge on any atom is 0.253 e. The van der Waals surface area contributed by atoms with Crippen molar-refractivity contribution in [2.75, 3.05) is 5.32 Å². The molecule has 2 heterocycles. The Labute approximate surface area is 168 Å². The molecule has 0 radical (unpaired) electrons. The van der Waals surface area contributed by atoms with E-state index in [-0.39, 0.29) is 11.8 Å². The quantitative estimate of drug-likeness (QED) is 0.688. The fourth-order valence-corrected chi connectivity index (χ4v) is 3.22. The average Bonchev–Trinajstić information content (AvgIpc) is 2.93. The number of benzene rings is 1. The summed E-state index contributed by atoms with van der Waals surface area (Å²) >= 11 is 6.09. The molecule has 1 unspecified atom stereocenters. The van der Waals surface area contributed by atoms with Gasteiger partial charge < -0.3 is 10.6 Å². The summed E-state index contributed by atoms with van der Waals surface area (Å²) in [4.78, 5) is 29.7. The lowest BCUT2D eigenvalue weighted by atomic mass is 10.0. The normalized spacial score (nSPS) is 12.2. The number of carbonyl (C=O) groups excluding carboxylic acids is 2. The summed E-state index contributed by atoms with van der Waals surface area (Å²) in [5, 5.41) is 11.1. The van der Waals surface area contributed by atoms with E-state index in [1.54, 1.807) is 35.1 Å². The van der Waals surface area contributed by atoms with Crippen molar-refractivity contribution < 1.29 is 9.59 Å². The zero-order valence-corrected chi connectivity index (χ0v) is 16.9. The number of aryl methyl sites for hydroxylation is 2. The second-order valence-electron chi connectivity index (χ2n) is 6.97. The molecule has 3 aromatic rings. The Morgan fingerprint density at radius 1 is 1.21 bits per heavy atom. The summed E-state index contributed by atoms with van der Waals surface area (Å²) < 4.78 is 1.69. The van der Waals surface area contributed by atoms with Gasteiger partial charge in [-0.05, 0) is 31.0 Å². The lowest BCUT2D eigenvalue weighted by Crippen LogP contribution is -2.47. The minimum absolute atomic E-state index is 0.122. The van der Waals surface area contributed by atoms with Crippen LogP contribution in [0.25, 0.3) is 11.0 Å². The van der Waals surface area contributed by atoms with Crippen LogP contribution >= 0.6 is 11.6 Å². The van der Waals surface area contributed by atoms with Gasteiger partial charge in [-0.3, -0.25) is 14.3 Å². The van der Waals surface area contributed by atoms with Gasteiger partial charge in [0.25, 0.3) is 5.91 Å². The molecule has 0 aliphatic rings. The van der Waals surface area contributed by atoms with Crippen LogP contribution in [-0.2, 0) is 11.8 Å². The third-order valence-electron chi connectivity index (χ3n) is 4.48. The van der Waals surface area contributed by atoms with E-state index in [1.807, 2.05) is 33.9 Å². The fourth-order valence-electron chi connectivity index (χ4n) is 3.00. The highest BCUT2D eigenvalue weighted by atomic mass is 35.5. The molecule has 2 amide bonds. The molecule has 1 aromatic carbocycles. The van der Waals surface area contributed by atoms with E-state index in [2.05, 4.69) is 20.7 Å². The molecular weight excluding hydrogens is 378 g/mol. The zero-order valence-electron chi connectivity index (χ0n) is 16.2. The Balaban J connectivity index is 1.79. The Bertz CT molecular complexity index is 1040. The number of hydrogen-bond acceptors (Lipinski definition) is 4. The van der Waals surface area contributed by atoms with Gasteiger partial charge >= 0.3 is 0 Å². The van der Waals surface area contributed by atoms with Crippen molar-refractivity contribution >= 4 is 40.1 Å². The third-order valence-corrected chi connectivity index (χ3v) is 4.81. The Morgan fingerprint density at radius 3 is 2.61 bits per heavy atom. The van der Waals surface area contributed by atoms with Gasteiger partial charge in [-0.1, -0.05) is 37.6 Å². The molecule has 0 spiro atoms. The largest absolute Gasteiger partial charge is 0.340 e. The molecule has 0 aliphatic heterocycles. The topological polar surface area (TPSA) is 88.9 Å². The molecular formula is C20H22ClN5O2. The van der Waals surface area contributed by atoms with Crippen molar-refractivity contribution in [3.05, 3.63) is 52.8 Å². The van der Waals surface area contributed by atoms with Crippen LogP contribution in [-0.4, -0.2) is 32.6 Å². The molecule has 1 atom stereocenters. The van der Waals surface area contributed by atoms with Crippen molar-refractivity contribution in [1.29, 1.82) is 0 Å². The molecule has 3 rings (SSSR count). The molecule has 146 valence electrons. The number of carbonyl (C=O) groups is 2. The first-order chi connectivity index (χ1) is 13.3. The number of nitrogens with one attached hydrogen (secondary N) is 2. The number of rotatable bonds is 5. The summed E-state index contributed by atoms with van der Waals surface area (Å²) in [5.41, 5.74) is 2.44. The summed E-state index contributed by atoms with van der Waals surface area (Å²) in [6, 6.07) is 7.83. The number of aromatic nitrogens is 3. The van der Waals surface area contributed by atoms with Crippen molar-refractivity contribution in [3.8, 4) is 0 Å². The van der Waals surface area contributed by atoms with Gasteiger partial charge in [0.1, 0.15) is 6.04 Å². The minimum atomic E-state index is -0.727. The van der Waals surface area contributed by atoms with Gasteiger partial charge in [0, 0.05) is 12.4 Å². The monoisotopic (exact) mass is 399 g/mol. The third kappa shape index (κ3) is 3.99. The van der Waals surface area contributed by atoms with Gasteiger partial charge in [0.05, 0.1) is 28.2 Å². The maximum absolute atomic E-state index is 12.8. The SMILES string of the molecule is Cc1nn(C)c2ncc(NC(=O)C(NC(=O)c3ccccc3Cl)C(C)C)cc12. The Morgan fingerprint density at radius 2 is 1.93 bits per heavy atom. The summed E-state index contributed by atoms with van der Waals surface area (Å²) in [7, 11) is 1.82. The van der Waals surface area contributed by atoms with Crippen molar-refractivity contribution in [2.45, 2.75) is 26.8 Å². The minimum Gasteiger partial charge on any atom is -0.340 e. The van der Waals surface area contributed by atoms with Crippen molar-refractivity contribution in [1.82, 2.24) is 20.1 Å². The number of pyridine rings is 1. The Hall–Kier alpha value is -2.93. The number of fused-ring (bicyclic) bond motifs is 1. The molecule has 8 heteroatoms. The second kappa shape index (κ2) is 7.98. The highest BCUT2D eigenvalue weighted by molar-refractivity contribution is 6.33. The molecule has 28 heavy (non-hydrogen) atoms. The molecule has 0 saturated heterocycles. The summed E-state index contributed by atoms with van der Waals surface area (Å²) in [6.45, 7) is 5.62. The van der Waals surface area contributed by atoms with Crippen LogP contribution in [0.1, 0.15) is 29.9 Å². The first-order valence-corrected chi connectivity index (χ1v) is 9.31.